The van der Waals surface area contributed by atoms with E-state index in [1.165, 1.54) is 18.5 Å². The molecule has 1 fully saturated rings. The van der Waals surface area contributed by atoms with Crippen LogP contribution in [0.25, 0.3) is 0 Å². The molecule has 3 rings (SSSR count). The molecule has 22 heavy (non-hydrogen) atoms. The van der Waals surface area contributed by atoms with Gasteiger partial charge in [0.1, 0.15) is 0 Å². The number of hydrogen-bond acceptors (Lipinski definition) is 5. The van der Waals surface area contributed by atoms with Gasteiger partial charge in [-0.05, 0) is 57.9 Å². The summed E-state index contributed by atoms with van der Waals surface area (Å²) >= 11 is 0. The van der Waals surface area contributed by atoms with Crippen molar-refractivity contribution in [2.45, 2.75) is 45.2 Å². The van der Waals surface area contributed by atoms with Gasteiger partial charge >= 0.3 is 0 Å². The van der Waals surface area contributed by atoms with Gasteiger partial charge in [0.05, 0.1) is 0 Å². The second-order valence-corrected chi connectivity index (χ2v) is 7.02. The monoisotopic (exact) mass is 299 g/mol. The maximum atomic E-state index is 4.24. The van der Waals surface area contributed by atoms with Crippen LogP contribution in [0.2, 0.25) is 0 Å². The van der Waals surface area contributed by atoms with Crippen LogP contribution in [-0.4, -0.2) is 42.1 Å². The molecule has 0 saturated carbocycles. The number of benzene rings is 1. The van der Waals surface area contributed by atoms with Crippen molar-refractivity contribution < 1.29 is 0 Å². The van der Waals surface area contributed by atoms with Gasteiger partial charge in [-0.25, -0.2) is 4.99 Å². The van der Waals surface area contributed by atoms with E-state index in [2.05, 4.69) is 70.5 Å². The lowest BCUT2D eigenvalue weighted by atomic mass is 9.98. The lowest BCUT2D eigenvalue weighted by Gasteiger charge is -2.41. The number of rotatable bonds is 3. The molecule has 0 aromatic heterocycles. The van der Waals surface area contributed by atoms with E-state index in [0.717, 1.165) is 24.5 Å². The van der Waals surface area contributed by atoms with Gasteiger partial charge in [-0.1, -0.05) is 0 Å². The first-order valence-corrected chi connectivity index (χ1v) is 8.06. The minimum atomic E-state index is 0.281. The average molecular weight is 299 g/mol. The average Bonchev–Trinajstić information content (AvgIpc) is 3.02. The molecule has 2 aliphatic heterocycles. The Balaban J connectivity index is 1.55. The number of nitrogens with one attached hydrogen (secondary N) is 1. The topological polar surface area (TPSA) is 52.3 Å². The molecule has 5 heteroatoms. The van der Waals surface area contributed by atoms with E-state index in [1.807, 2.05) is 0 Å². The van der Waals surface area contributed by atoms with E-state index >= 15 is 0 Å². The van der Waals surface area contributed by atoms with Crippen molar-refractivity contribution >= 4 is 11.5 Å². The van der Waals surface area contributed by atoms with Gasteiger partial charge in [0, 0.05) is 35.9 Å². The van der Waals surface area contributed by atoms with E-state index in [9.17, 15) is 0 Å². The van der Waals surface area contributed by atoms with Gasteiger partial charge in [-0.3, -0.25) is 4.90 Å². The smallest absolute Gasteiger partial charge is 0.178 e. The van der Waals surface area contributed by atoms with E-state index in [0.29, 0.717) is 12.7 Å². The largest absolute Gasteiger partial charge is 0.382 e. The summed E-state index contributed by atoms with van der Waals surface area (Å²) < 4.78 is 0. The SMILES string of the molecule is CC(C)(C)N1CCC(Nc2ccc(C3=NCN=N3)cc2)CC1. The summed E-state index contributed by atoms with van der Waals surface area (Å²) in [5, 5.41) is 11.6. The number of piperidine rings is 1. The van der Waals surface area contributed by atoms with Crippen molar-refractivity contribution in [3.8, 4) is 0 Å². The highest BCUT2D eigenvalue weighted by Crippen LogP contribution is 2.23. The Bertz CT molecular complexity index is 560. The maximum Gasteiger partial charge on any atom is 0.178 e. The molecule has 2 heterocycles. The zero-order valence-electron chi connectivity index (χ0n) is 13.7. The fourth-order valence-electron chi connectivity index (χ4n) is 3.02. The van der Waals surface area contributed by atoms with Crippen LogP contribution in [0, 0.1) is 0 Å². The van der Waals surface area contributed by atoms with E-state index in [4.69, 9.17) is 0 Å². The van der Waals surface area contributed by atoms with E-state index in [-0.39, 0.29) is 5.54 Å². The third-order valence-corrected chi connectivity index (χ3v) is 4.41. The first kappa shape index (κ1) is 15.2. The van der Waals surface area contributed by atoms with Crippen LogP contribution in [0.4, 0.5) is 5.69 Å². The number of likely N-dealkylation sites (tertiary alicyclic amines) is 1. The molecule has 0 amide bonds. The van der Waals surface area contributed by atoms with Crippen LogP contribution in [0.1, 0.15) is 39.2 Å². The van der Waals surface area contributed by atoms with Gasteiger partial charge in [-0.15, -0.1) is 5.11 Å². The van der Waals surface area contributed by atoms with Crippen molar-refractivity contribution in [3.63, 3.8) is 0 Å². The van der Waals surface area contributed by atoms with Crippen molar-refractivity contribution in [3.05, 3.63) is 29.8 Å². The van der Waals surface area contributed by atoms with Crippen LogP contribution in [0.5, 0.6) is 0 Å². The lowest BCUT2D eigenvalue weighted by molar-refractivity contribution is 0.106. The predicted octanol–water partition coefficient (Wildman–Crippen LogP) is 3.53. The molecule has 1 aromatic carbocycles. The van der Waals surface area contributed by atoms with Crippen LogP contribution in [0.3, 0.4) is 0 Å². The fourth-order valence-corrected chi connectivity index (χ4v) is 3.02. The normalized spacial score (nSPS) is 20.2. The molecule has 0 radical (unpaired) electrons. The van der Waals surface area contributed by atoms with Gasteiger partial charge in [-0.2, -0.15) is 5.11 Å². The quantitative estimate of drug-likeness (QED) is 0.928. The van der Waals surface area contributed by atoms with Crippen LogP contribution >= 0.6 is 0 Å². The zero-order valence-corrected chi connectivity index (χ0v) is 13.7. The van der Waals surface area contributed by atoms with Crippen LogP contribution < -0.4 is 5.32 Å². The minimum absolute atomic E-state index is 0.281. The molecule has 0 bridgehead atoms. The van der Waals surface area contributed by atoms with Crippen LogP contribution in [-0.2, 0) is 0 Å². The second-order valence-electron chi connectivity index (χ2n) is 7.02. The highest BCUT2D eigenvalue weighted by Gasteiger charge is 2.26. The van der Waals surface area contributed by atoms with Crippen LogP contribution in [0.15, 0.2) is 39.5 Å². The Hall–Kier alpha value is -1.75. The Kier molecular flexibility index (Phi) is 4.25. The molecular formula is C17H25N5. The summed E-state index contributed by atoms with van der Waals surface area (Å²) in [5.74, 6) is 0.741. The van der Waals surface area contributed by atoms with Crippen molar-refractivity contribution in [1.29, 1.82) is 0 Å². The molecule has 2 aliphatic rings. The molecule has 0 atom stereocenters. The summed E-state index contributed by atoms with van der Waals surface area (Å²) in [7, 11) is 0. The summed E-state index contributed by atoms with van der Waals surface area (Å²) in [5.41, 5.74) is 2.49. The molecule has 1 saturated heterocycles. The Morgan fingerprint density at radius 3 is 2.32 bits per heavy atom. The molecular weight excluding hydrogens is 274 g/mol. The fraction of sp³-hybridized carbons (Fsp3) is 0.588. The summed E-state index contributed by atoms with van der Waals surface area (Å²) in [6.45, 7) is 9.67. The number of aliphatic imine (C=N–C) groups is 1. The number of amidine groups is 1. The lowest BCUT2D eigenvalue weighted by Crippen LogP contribution is -2.48. The molecule has 0 unspecified atom stereocenters. The highest BCUT2D eigenvalue weighted by atomic mass is 15.2. The third-order valence-electron chi connectivity index (χ3n) is 4.41. The zero-order chi connectivity index (χ0) is 15.6. The first-order chi connectivity index (χ1) is 10.5. The number of azo groups is 1. The van der Waals surface area contributed by atoms with Crippen molar-refractivity contribution in [2.75, 3.05) is 25.1 Å². The standard InChI is InChI=1S/C17H25N5/c1-17(2,3)22-10-8-15(9-11-22)20-14-6-4-13(5-7-14)16-18-12-19-21-16/h4-7,15,20H,8-12H2,1-3H3. The Morgan fingerprint density at radius 1 is 1.09 bits per heavy atom. The number of hydrogen-bond donors (Lipinski definition) is 1. The Labute approximate surface area is 132 Å². The van der Waals surface area contributed by atoms with Gasteiger partial charge in [0.2, 0.25) is 0 Å². The van der Waals surface area contributed by atoms with E-state index in [1.54, 1.807) is 0 Å². The molecule has 1 aromatic rings. The summed E-state index contributed by atoms with van der Waals surface area (Å²) in [4.78, 5) is 6.81. The molecule has 1 N–H and O–H groups in total. The number of anilines is 1. The number of nitrogens with zero attached hydrogens (tertiary/aromatic N) is 4. The summed E-state index contributed by atoms with van der Waals surface area (Å²) in [6, 6.07) is 8.92. The summed E-state index contributed by atoms with van der Waals surface area (Å²) in [6.07, 6.45) is 2.39. The van der Waals surface area contributed by atoms with Crippen molar-refractivity contribution in [1.82, 2.24) is 4.90 Å². The third kappa shape index (κ3) is 3.53. The maximum absolute atomic E-state index is 4.24. The minimum Gasteiger partial charge on any atom is -0.382 e. The highest BCUT2D eigenvalue weighted by molar-refractivity contribution is 5.99. The van der Waals surface area contributed by atoms with Gasteiger partial charge < -0.3 is 5.32 Å². The Morgan fingerprint density at radius 2 is 1.77 bits per heavy atom. The van der Waals surface area contributed by atoms with E-state index < -0.39 is 0 Å². The van der Waals surface area contributed by atoms with Crippen molar-refractivity contribution in [2.24, 2.45) is 15.2 Å². The molecule has 0 aliphatic carbocycles. The van der Waals surface area contributed by atoms with Gasteiger partial charge in [0.25, 0.3) is 0 Å². The second kappa shape index (κ2) is 6.16. The predicted molar refractivity (Wildman–Crippen MR) is 90.7 cm³/mol. The van der Waals surface area contributed by atoms with Gasteiger partial charge in [0.15, 0.2) is 12.5 Å². The molecule has 0 spiro atoms. The molecule has 5 nitrogen and oxygen atoms in total. The first-order valence-electron chi connectivity index (χ1n) is 8.06. The molecule has 118 valence electrons.